The fraction of sp³-hybridized carbons (Fsp3) is 0.200. The van der Waals surface area contributed by atoms with Crippen LogP contribution in [0.5, 0.6) is 11.5 Å². The van der Waals surface area contributed by atoms with Gasteiger partial charge in [-0.2, -0.15) is 4.98 Å². The molecular formula is C20H20N4O2. The molecule has 0 amide bonds. The van der Waals surface area contributed by atoms with Crippen LogP contribution in [0.4, 0.5) is 11.8 Å². The number of rotatable bonds is 6. The van der Waals surface area contributed by atoms with E-state index >= 15 is 0 Å². The molecule has 0 spiro atoms. The van der Waals surface area contributed by atoms with Crippen LogP contribution in [0.1, 0.15) is 24.1 Å². The summed E-state index contributed by atoms with van der Waals surface area (Å²) in [6.07, 6.45) is 1.75. The smallest absolute Gasteiger partial charge is 0.231 e. The second-order valence-corrected chi connectivity index (χ2v) is 6.08. The van der Waals surface area contributed by atoms with Crippen LogP contribution in [0.25, 0.3) is 0 Å². The number of ether oxygens (including phenoxy) is 2. The van der Waals surface area contributed by atoms with Gasteiger partial charge in [0, 0.05) is 12.7 Å². The van der Waals surface area contributed by atoms with Crippen LogP contribution >= 0.6 is 0 Å². The largest absolute Gasteiger partial charge is 0.454 e. The molecule has 132 valence electrons. The summed E-state index contributed by atoms with van der Waals surface area (Å²) >= 11 is 0. The van der Waals surface area contributed by atoms with Gasteiger partial charge in [-0.15, -0.1) is 0 Å². The van der Waals surface area contributed by atoms with Gasteiger partial charge in [-0.3, -0.25) is 0 Å². The van der Waals surface area contributed by atoms with Gasteiger partial charge >= 0.3 is 0 Å². The van der Waals surface area contributed by atoms with Gasteiger partial charge in [-0.25, -0.2) is 4.98 Å². The fourth-order valence-corrected chi connectivity index (χ4v) is 2.79. The number of nitrogens with zero attached hydrogens (tertiary/aromatic N) is 2. The Kier molecular flexibility index (Phi) is 4.55. The first-order chi connectivity index (χ1) is 12.8. The van der Waals surface area contributed by atoms with Crippen LogP contribution in [0, 0.1) is 0 Å². The first-order valence-electron chi connectivity index (χ1n) is 8.55. The molecule has 1 unspecified atom stereocenters. The van der Waals surface area contributed by atoms with Crippen molar-refractivity contribution >= 4 is 11.8 Å². The Morgan fingerprint density at radius 1 is 1.04 bits per heavy atom. The maximum absolute atomic E-state index is 5.41. The lowest BCUT2D eigenvalue weighted by Crippen LogP contribution is -2.10. The highest BCUT2D eigenvalue weighted by Gasteiger charge is 2.13. The lowest BCUT2D eigenvalue weighted by Gasteiger charge is -2.15. The molecule has 1 aliphatic heterocycles. The molecule has 6 heteroatoms. The highest BCUT2D eigenvalue weighted by Crippen LogP contribution is 2.32. The fourth-order valence-electron chi connectivity index (χ4n) is 2.79. The number of aromatic nitrogens is 2. The van der Waals surface area contributed by atoms with E-state index in [0.29, 0.717) is 12.5 Å². The Hall–Kier alpha value is -3.28. The maximum atomic E-state index is 5.41. The van der Waals surface area contributed by atoms with Crippen LogP contribution in [0.2, 0.25) is 0 Å². The zero-order chi connectivity index (χ0) is 17.8. The normalized spacial score (nSPS) is 13.3. The van der Waals surface area contributed by atoms with Crippen molar-refractivity contribution in [1.29, 1.82) is 0 Å². The predicted octanol–water partition coefficient (Wildman–Crippen LogP) is 3.99. The molecule has 6 nitrogen and oxygen atoms in total. The van der Waals surface area contributed by atoms with Crippen molar-refractivity contribution in [2.75, 3.05) is 17.4 Å². The van der Waals surface area contributed by atoms with Gasteiger partial charge in [0.05, 0.1) is 6.04 Å². The van der Waals surface area contributed by atoms with Gasteiger partial charge in [-0.05, 0) is 36.2 Å². The highest BCUT2D eigenvalue weighted by atomic mass is 16.7. The average Bonchev–Trinajstić information content (AvgIpc) is 3.15. The second-order valence-electron chi connectivity index (χ2n) is 6.08. The van der Waals surface area contributed by atoms with E-state index in [0.717, 1.165) is 22.9 Å². The molecule has 0 radical (unpaired) electrons. The second kappa shape index (κ2) is 7.31. The van der Waals surface area contributed by atoms with Crippen molar-refractivity contribution in [3.05, 3.63) is 71.9 Å². The Morgan fingerprint density at radius 2 is 1.88 bits per heavy atom. The van der Waals surface area contributed by atoms with E-state index in [9.17, 15) is 0 Å². The van der Waals surface area contributed by atoms with Gasteiger partial charge in [0.15, 0.2) is 11.5 Å². The van der Waals surface area contributed by atoms with Crippen molar-refractivity contribution < 1.29 is 9.47 Å². The predicted molar refractivity (Wildman–Crippen MR) is 100 cm³/mol. The molecule has 1 atom stereocenters. The van der Waals surface area contributed by atoms with Crippen LogP contribution in [-0.2, 0) is 6.54 Å². The minimum atomic E-state index is 0.125. The number of hydrogen-bond acceptors (Lipinski definition) is 6. The van der Waals surface area contributed by atoms with E-state index in [-0.39, 0.29) is 12.8 Å². The van der Waals surface area contributed by atoms with Crippen molar-refractivity contribution in [1.82, 2.24) is 9.97 Å². The third-order valence-corrected chi connectivity index (χ3v) is 4.21. The minimum Gasteiger partial charge on any atom is -0.454 e. The standard InChI is InChI=1S/C20H20N4O2/c1-14(16-5-3-2-4-6-16)23-20-21-10-9-19(24-20)22-12-15-7-8-17-18(11-15)26-13-25-17/h2-11,14H,12-13H2,1H3,(H2,21,22,23,24). The third kappa shape index (κ3) is 3.69. The zero-order valence-corrected chi connectivity index (χ0v) is 14.5. The maximum Gasteiger partial charge on any atom is 0.231 e. The van der Waals surface area contributed by atoms with Crippen molar-refractivity contribution in [2.24, 2.45) is 0 Å². The molecule has 0 aliphatic carbocycles. The van der Waals surface area contributed by atoms with Gasteiger partial charge in [0.25, 0.3) is 0 Å². The molecule has 2 aromatic carbocycles. The first kappa shape index (κ1) is 16.2. The van der Waals surface area contributed by atoms with E-state index in [4.69, 9.17) is 9.47 Å². The molecule has 2 heterocycles. The van der Waals surface area contributed by atoms with Crippen molar-refractivity contribution in [3.8, 4) is 11.5 Å². The summed E-state index contributed by atoms with van der Waals surface area (Å²) in [6, 6.07) is 18.1. The minimum absolute atomic E-state index is 0.125. The molecule has 26 heavy (non-hydrogen) atoms. The zero-order valence-electron chi connectivity index (χ0n) is 14.5. The summed E-state index contributed by atoms with van der Waals surface area (Å²) in [5, 5.41) is 6.65. The average molecular weight is 348 g/mol. The van der Waals surface area contributed by atoms with E-state index in [1.807, 2.05) is 42.5 Å². The van der Waals surface area contributed by atoms with E-state index in [2.05, 4.69) is 39.7 Å². The molecule has 1 aromatic heterocycles. The SMILES string of the molecule is CC(Nc1nccc(NCc2ccc3c(c2)OCO3)n1)c1ccccc1. The van der Waals surface area contributed by atoms with Crippen LogP contribution in [0.15, 0.2) is 60.8 Å². The number of nitrogens with one attached hydrogen (secondary N) is 2. The van der Waals surface area contributed by atoms with Crippen LogP contribution in [0.3, 0.4) is 0 Å². The molecule has 4 rings (SSSR count). The van der Waals surface area contributed by atoms with Gasteiger partial charge in [0.1, 0.15) is 5.82 Å². The van der Waals surface area contributed by atoms with Crippen molar-refractivity contribution in [3.63, 3.8) is 0 Å². The summed E-state index contributed by atoms with van der Waals surface area (Å²) in [5.74, 6) is 2.93. The van der Waals surface area contributed by atoms with E-state index in [1.54, 1.807) is 6.20 Å². The number of fused-ring (bicyclic) bond motifs is 1. The molecule has 3 aromatic rings. The van der Waals surface area contributed by atoms with Crippen LogP contribution in [-0.4, -0.2) is 16.8 Å². The lowest BCUT2D eigenvalue weighted by molar-refractivity contribution is 0.174. The highest BCUT2D eigenvalue weighted by molar-refractivity contribution is 5.46. The molecular weight excluding hydrogens is 328 g/mol. The third-order valence-electron chi connectivity index (χ3n) is 4.21. The lowest BCUT2D eigenvalue weighted by atomic mass is 10.1. The van der Waals surface area contributed by atoms with Gasteiger partial charge in [0.2, 0.25) is 12.7 Å². The number of benzene rings is 2. The summed E-state index contributed by atoms with van der Waals surface area (Å²) in [5.41, 5.74) is 2.29. The van der Waals surface area contributed by atoms with E-state index in [1.165, 1.54) is 5.56 Å². The van der Waals surface area contributed by atoms with Crippen LogP contribution < -0.4 is 20.1 Å². The summed E-state index contributed by atoms with van der Waals surface area (Å²) in [7, 11) is 0. The summed E-state index contributed by atoms with van der Waals surface area (Å²) in [4.78, 5) is 8.84. The van der Waals surface area contributed by atoms with Gasteiger partial charge < -0.3 is 20.1 Å². The number of hydrogen-bond donors (Lipinski definition) is 2. The molecule has 0 saturated carbocycles. The van der Waals surface area contributed by atoms with Gasteiger partial charge in [-0.1, -0.05) is 36.4 Å². The first-order valence-corrected chi connectivity index (χ1v) is 8.55. The quantitative estimate of drug-likeness (QED) is 0.702. The Balaban J connectivity index is 1.39. The monoisotopic (exact) mass is 348 g/mol. The topological polar surface area (TPSA) is 68.3 Å². The summed E-state index contributed by atoms with van der Waals surface area (Å²) < 4.78 is 10.7. The molecule has 0 bridgehead atoms. The molecule has 2 N–H and O–H groups in total. The summed E-state index contributed by atoms with van der Waals surface area (Å²) in [6.45, 7) is 3.01. The Morgan fingerprint density at radius 3 is 2.77 bits per heavy atom. The number of anilines is 2. The molecule has 0 saturated heterocycles. The molecule has 0 fully saturated rings. The molecule has 1 aliphatic rings. The van der Waals surface area contributed by atoms with E-state index < -0.39 is 0 Å². The Bertz CT molecular complexity index is 886. The Labute approximate surface area is 152 Å². The van der Waals surface area contributed by atoms with Crippen molar-refractivity contribution in [2.45, 2.75) is 19.5 Å².